The molecule has 0 saturated carbocycles. The van der Waals surface area contributed by atoms with Crippen LogP contribution in [-0.2, 0) is 4.79 Å². The summed E-state index contributed by atoms with van der Waals surface area (Å²) < 4.78 is 10.9. The van der Waals surface area contributed by atoms with Crippen LogP contribution in [0.1, 0.15) is 52.2 Å². The Bertz CT molecular complexity index is 953. The number of allylic oxidation sites excluding steroid dienone is 3. The van der Waals surface area contributed by atoms with E-state index in [9.17, 15) is 4.79 Å². The van der Waals surface area contributed by atoms with E-state index in [4.69, 9.17) is 14.5 Å². The van der Waals surface area contributed by atoms with Crippen LogP contribution in [0.25, 0.3) is 5.70 Å². The Kier molecular flexibility index (Phi) is 11.0. The van der Waals surface area contributed by atoms with Gasteiger partial charge < -0.3 is 20.1 Å². The first-order chi connectivity index (χ1) is 15.4. The molecular formula is C26H37N3O3. The highest BCUT2D eigenvalue weighted by atomic mass is 16.5. The first-order valence-electron chi connectivity index (χ1n) is 10.9. The van der Waals surface area contributed by atoms with Gasteiger partial charge in [-0.1, -0.05) is 32.6 Å². The number of carbonyl (C=O) groups is 1. The lowest BCUT2D eigenvalue weighted by atomic mass is 10.1. The molecule has 32 heavy (non-hydrogen) atoms. The van der Waals surface area contributed by atoms with Crippen LogP contribution < -0.4 is 20.1 Å². The molecule has 1 aromatic carbocycles. The van der Waals surface area contributed by atoms with Gasteiger partial charge in [0.2, 0.25) is 5.91 Å². The summed E-state index contributed by atoms with van der Waals surface area (Å²) in [7, 11) is 3.24. The standard InChI is InChI=1S/C24H31N3O3.C2H6/c1-8-10-21(19(9-2)27-20-11-12-25-24(28)16(20)4)26-17(5)18-13-15(3)22(29-6)14-23(18)30-7;1-2/h8-10,13-14,27H,5,11-12H2,1-4,6-7H3,(H,25,28);1-2H3/b10-8-,19-9-,26-21?;. The number of benzene rings is 1. The van der Waals surface area contributed by atoms with Crippen molar-refractivity contribution in [2.45, 2.75) is 48.0 Å². The quantitative estimate of drug-likeness (QED) is 0.538. The number of nitrogens with zero attached hydrogens (tertiary/aromatic N) is 1. The van der Waals surface area contributed by atoms with Gasteiger partial charge >= 0.3 is 0 Å². The molecule has 0 bridgehead atoms. The Morgan fingerprint density at radius 2 is 1.81 bits per heavy atom. The normalized spacial score (nSPS) is 14.6. The Morgan fingerprint density at radius 1 is 1.16 bits per heavy atom. The zero-order chi connectivity index (χ0) is 24.3. The zero-order valence-electron chi connectivity index (χ0n) is 20.7. The maximum Gasteiger partial charge on any atom is 0.248 e. The topological polar surface area (TPSA) is 72.0 Å². The Balaban J connectivity index is 0.00000249. The molecule has 174 valence electrons. The van der Waals surface area contributed by atoms with Gasteiger partial charge in [0.1, 0.15) is 11.5 Å². The third-order valence-corrected chi connectivity index (χ3v) is 4.91. The number of amides is 1. The second-order valence-corrected chi connectivity index (χ2v) is 6.90. The van der Waals surface area contributed by atoms with Gasteiger partial charge in [-0.15, -0.1) is 0 Å². The van der Waals surface area contributed by atoms with Gasteiger partial charge in [0.25, 0.3) is 0 Å². The molecule has 1 heterocycles. The van der Waals surface area contributed by atoms with E-state index >= 15 is 0 Å². The van der Waals surface area contributed by atoms with Crippen molar-refractivity contribution in [2.75, 3.05) is 20.8 Å². The number of aliphatic imine (C=N–C) groups is 1. The van der Waals surface area contributed by atoms with E-state index in [2.05, 4.69) is 17.2 Å². The maximum absolute atomic E-state index is 12.0. The highest BCUT2D eigenvalue weighted by Gasteiger charge is 2.18. The number of hydrogen-bond donors (Lipinski definition) is 2. The summed E-state index contributed by atoms with van der Waals surface area (Å²) in [4.78, 5) is 16.8. The molecule has 0 fully saturated rings. The molecule has 0 spiro atoms. The smallest absolute Gasteiger partial charge is 0.248 e. The lowest BCUT2D eigenvalue weighted by molar-refractivity contribution is -0.117. The molecule has 2 N–H and O–H groups in total. The number of rotatable bonds is 8. The number of hydrogen-bond acceptors (Lipinski definition) is 5. The SMILES string of the molecule is C=C(N=C(/C=C\C)/C(=C/C)NC1=C(C)C(=O)NCC1)c1cc(C)c(OC)cc1OC.CC. The van der Waals surface area contributed by atoms with Crippen molar-refractivity contribution in [3.63, 3.8) is 0 Å². The van der Waals surface area contributed by atoms with E-state index in [0.29, 0.717) is 29.3 Å². The first kappa shape index (κ1) is 26.8. The van der Waals surface area contributed by atoms with Crippen LogP contribution in [0.15, 0.2) is 58.9 Å². The molecule has 0 radical (unpaired) electrons. The van der Waals surface area contributed by atoms with Crippen molar-refractivity contribution >= 4 is 17.3 Å². The molecule has 0 aliphatic carbocycles. The largest absolute Gasteiger partial charge is 0.496 e. The van der Waals surface area contributed by atoms with Crippen molar-refractivity contribution in [3.8, 4) is 11.5 Å². The van der Waals surface area contributed by atoms with Crippen molar-refractivity contribution in [1.82, 2.24) is 10.6 Å². The average Bonchev–Trinajstić information content (AvgIpc) is 2.80. The second-order valence-electron chi connectivity index (χ2n) is 6.90. The van der Waals surface area contributed by atoms with Crippen LogP contribution in [0.2, 0.25) is 0 Å². The van der Waals surface area contributed by atoms with Crippen molar-refractivity contribution in [2.24, 2.45) is 4.99 Å². The number of methoxy groups -OCH3 is 2. The monoisotopic (exact) mass is 439 g/mol. The Labute approximate surface area is 192 Å². The van der Waals surface area contributed by atoms with E-state index in [1.807, 2.05) is 71.9 Å². The van der Waals surface area contributed by atoms with Crippen molar-refractivity contribution in [3.05, 3.63) is 65.0 Å². The molecule has 1 aliphatic rings. The summed E-state index contributed by atoms with van der Waals surface area (Å²) in [5.41, 5.74) is 5.43. The molecule has 1 aliphatic heterocycles. The Morgan fingerprint density at radius 3 is 2.38 bits per heavy atom. The second kappa shape index (κ2) is 13.2. The van der Waals surface area contributed by atoms with E-state index in [0.717, 1.165) is 34.7 Å². The van der Waals surface area contributed by atoms with Crippen LogP contribution in [0.4, 0.5) is 0 Å². The first-order valence-corrected chi connectivity index (χ1v) is 10.9. The predicted octanol–water partition coefficient (Wildman–Crippen LogP) is 5.31. The van der Waals surface area contributed by atoms with Crippen LogP contribution in [0, 0.1) is 6.92 Å². The minimum Gasteiger partial charge on any atom is -0.496 e. The van der Waals surface area contributed by atoms with Gasteiger partial charge in [-0.05, 0) is 45.4 Å². The zero-order valence-corrected chi connectivity index (χ0v) is 20.7. The van der Waals surface area contributed by atoms with Crippen LogP contribution in [0.3, 0.4) is 0 Å². The van der Waals surface area contributed by atoms with Gasteiger partial charge in [-0.2, -0.15) is 0 Å². The van der Waals surface area contributed by atoms with Gasteiger partial charge in [0, 0.05) is 35.9 Å². The minimum absolute atomic E-state index is 0.0495. The fourth-order valence-electron chi connectivity index (χ4n) is 3.20. The molecule has 6 nitrogen and oxygen atoms in total. The highest BCUT2D eigenvalue weighted by Crippen LogP contribution is 2.33. The number of aryl methyl sites for hydroxylation is 1. The van der Waals surface area contributed by atoms with Gasteiger partial charge in [-0.25, -0.2) is 4.99 Å². The fourth-order valence-corrected chi connectivity index (χ4v) is 3.20. The van der Waals surface area contributed by atoms with E-state index < -0.39 is 0 Å². The van der Waals surface area contributed by atoms with Crippen LogP contribution >= 0.6 is 0 Å². The number of carbonyl (C=O) groups excluding carboxylic acids is 1. The highest BCUT2D eigenvalue weighted by molar-refractivity contribution is 6.10. The molecular weight excluding hydrogens is 402 g/mol. The van der Waals surface area contributed by atoms with E-state index in [1.165, 1.54) is 0 Å². The number of nitrogens with one attached hydrogen (secondary N) is 2. The summed E-state index contributed by atoms with van der Waals surface area (Å²) in [5.74, 6) is 1.34. The summed E-state index contributed by atoms with van der Waals surface area (Å²) in [6.45, 7) is 16.4. The van der Waals surface area contributed by atoms with Crippen molar-refractivity contribution in [1.29, 1.82) is 0 Å². The van der Waals surface area contributed by atoms with Crippen LogP contribution in [0.5, 0.6) is 11.5 Å². The van der Waals surface area contributed by atoms with Gasteiger partial charge in [0.15, 0.2) is 0 Å². The Hall–Kier alpha value is -3.28. The van der Waals surface area contributed by atoms with E-state index in [1.54, 1.807) is 14.2 Å². The lowest BCUT2D eigenvalue weighted by Crippen LogP contribution is -2.35. The van der Waals surface area contributed by atoms with Gasteiger partial charge in [-0.3, -0.25) is 4.79 Å². The molecule has 0 saturated heterocycles. The summed E-state index contributed by atoms with van der Waals surface area (Å²) in [6, 6.07) is 3.79. The molecule has 0 unspecified atom stereocenters. The summed E-state index contributed by atoms with van der Waals surface area (Å²) >= 11 is 0. The molecule has 1 amide bonds. The van der Waals surface area contributed by atoms with Gasteiger partial charge in [0.05, 0.1) is 31.3 Å². The third-order valence-electron chi connectivity index (χ3n) is 4.91. The lowest BCUT2D eigenvalue weighted by Gasteiger charge is -2.21. The molecule has 6 heteroatoms. The summed E-state index contributed by atoms with van der Waals surface area (Å²) in [6.07, 6.45) is 6.51. The third kappa shape index (κ3) is 6.61. The summed E-state index contributed by atoms with van der Waals surface area (Å²) in [5, 5.41) is 6.24. The van der Waals surface area contributed by atoms with E-state index in [-0.39, 0.29) is 5.91 Å². The fraction of sp³-hybridized carbons (Fsp3) is 0.385. The average molecular weight is 440 g/mol. The maximum atomic E-state index is 12.0. The molecule has 0 atom stereocenters. The molecule has 1 aromatic rings. The molecule has 2 rings (SSSR count). The molecule has 0 aromatic heterocycles. The predicted molar refractivity (Wildman–Crippen MR) is 134 cm³/mol. The van der Waals surface area contributed by atoms with Crippen molar-refractivity contribution < 1.29 is 14.3 Å². The minimum atomic E-state index is -0.0495. The number of ether oxygens (including phenoxy) is 2. The van der Waals surface area contributed by atoms with Crippen LogP contribution in [-0.4, -0.2) is 32.4 Å².